The van der Waals surface area contributed by atoms with E-state index in [0.29, 0.717) is 10.5 Å². The minimum absolute atomic E-state index is 0.0842. The zero-order valence-corrected chi connectivity index (χ0v) is 15.9. The Bertz CT molecular complexity index is 1190. The Balaban J connectivity index is 2.07. The number of aromatic amines is 1. The van der Waals surface area contributed by atoms with Crippen LogP contribution in [0.15, 0.2) is 27.8 Å². The lowest BCUT2D eigenvalue weighted by molar-refractivity contribution is -0.130. The first-order chi connectivity index (χ1) is 13.2. The van der Waals surface area contributed by atoms with Crippen molar-refractivity contribution in [2.75, 3.05) is 0 Å². The molecule has 10 heteroatoms. The molecule has 0 saturated carbocycles. The van der Waals surface area contributed by atoms with Crippen LogP contribution in [0, 0.1) is 0 Å². The lowest BCUT2D eigenvalue weighted by Gasteiger charge is -2.17. The van der Waals surface area contributed by atoms with Crippen LogP contribution in [-0.4, -0.2) is 43.0 Å². The van der Waals surface area contributed by atoms with Crippen molar-refractivity contribution in [3.8, 4) is 5.88 Å². The average Bonchev–Trinajstić information content (AvgIpc) is 2.64. The third-order valence-electron chi connectivity index (χ3n) is 4.38. The molecule has 0 fully saturated rings. The standard InChI is InChI=1S/C18H19ClN4O5/c1-3-12(24)16(26)20-8(2)7-23-18(28)13-14(17(27)22-23)21-11-6-9(19)4-5-10(11)15(13)25/h4-6,8,12,24H,3,7H2,1-2H3,(H,20,26)(H,21,25)(H,22,27). The van der Waals surface area contributed by atoms with Crippen LogP contribution in [0.2, 0.25) is 5.02 Å². The fourth-order valence-corrected chi connectivity index (χ4v) is 3.10. The SMILES string of the molecule is CCC(O)C(=O)NC(C)Cn1nc(O)c2[nH]c3cc(Cl)ccc3c(=O)c2c1=O. The second kappa shape index (κ2) is 7.61. The second-order valence-electron chi connectivity index (χ2n) is 6.54. The van der Waals surface area contributed by atoms with E-state index < -0.39 is 34.9 Å². The second-order valence-corrected chi connectivity index (χ2v) is 6.98. The Morgan fingerprint density at radius 2 is 2.11 bits per heavy atom. The minimum Gasteiger partial charge on any atom is -0.491 e. The van der Waals surface area contributed by atoms with Gasteiger partial charge in [0.05, 0.1) is 12.1 Å². The molecule has 28 heavy (non-hydrogen) atoms. The molecule has 2 aromatic heterocycles. The van der Waals surface area contributed by atoms with Gasteiger partial charge in [-0.25, -0.2) is 4.68 Å². The number of nitrogens with one attached hydrogen (secondary N) is 2. The molecule has 9 nitrogen and oxygen atoms in total. The van der Waals surface area contributed by atoms with E-state index in [0.717, 1.165) is 4.68 Å². The third-order valence-corrected chi connectivity index (χ3v) is 4.61. The van der Waals surface area contributed by atoms with Crippen LogP contribution >= 0.6 is 11.6 Å². The molecule has 0 spiro atoms. The monoisotopic (exact) mass is 406 g/mol. The number of aliphatic hydroxyl groups is 1. The van der Waals surface area contributed by atoms with Crippen LogP contribution in [-0.2, 0) is 11.3 Å². The fraction of sp³-hybridized carbons (Fsp3) is 0.333. The molecule has 0 aliphatic rings. The number of hydrogen-bond donors (Lipinski definition) is 4. The van der Waals surface area contributed by atoms with Gasteiger partial charge >= 0.3 is 0 Å². The number of carbonyl (C=O) groups excluding carboxylic acids is 1. The van der Waals surface area contributed by atoms with Crippen molar-refractivity contribution in [1.82, 2.24) is 20.1 Å². The summed E-state index contributed by atoms with van der Waals surface area (Å²) >= 11 is 5.93. The van der Waals surface area contributed by atoms with Gasteiger partial charge in [0, 0.05) is 16.5 Å². The van der Waals surface area contributed by atoms with Crippen molar-refractivity contribution in [3.05, 3.63) is 43.8 Å². The molecule has 2 atom stereocenters. The summed E-state index contributed by atoms with van der Waals surface area (Å²) in [5.41, 5.74) is -0.981. The highest BCUT2D eigenvalue weighted by Gasteiger charge is 2.19. The zero-order valence-electron chi connectivity index (χ0n) is 15.2. The lowest BCUT2D eigenvalue weighted by Crippen LogP contribution is -2.43. The van der Waals surface area contributed by atoms with Crippen molar-refractivity contribution in [2.24, 2.45) is 0 Å². The van der Waals surface area contributed by atoms with Crippen LogP contribution in [0.4, 0.5) is 0 Å². The number of pyridine rings is 1. The summed E-state index contributed by atoms with van der Waals surface area (Å²) in [6, 6.07) is 3.96. The molecule has 0 aliphatic carbocycles. The van der Waals surface area contributed by atoms with E-state index in [1.165, 1.54) is 18.2 Å². The maximum Gasteiger partial charge on any atom is 0.280 e. The quantitative estimate of drug-likeness (QED) is 0.464. The largest absolute Gasteiger partial charge is 0.491 e. The zero-order chi connectivity index (χ0) is 20.6. The molecule has 4 N–H and O–H groups in total. The number of amides is 1. The molecule has 0 saturated heterocycles. The lowest BCUT2D eigenvalue weighted by atomic mass is 10.1. The summed E-state index contributed by atoms with van der Waals surface area (Å²) in [7, 11) is 0. The fourth-order valence-electron chi connectivity index (χ4n) is 2.93. The van der Waals surface area contributed by atoms with Crippen LogP contribution in [0.1, 0.15) is 20.3 Å². The minimum atomic E-state index is -1.15. The summed E-state index contributed by atoms with van der Waals surface area (Å²) in [5.74, 6) is -1.10. The molecule has 0 bridgehead atoms. The van der Waals surface area contributed by atoms with Crippen molar-refractivity contribution < 1.29 is 15.0 Å². The van der Waals surface area contributed by atoms with E-state index in [9.17, 15) is 24.6 Å². The van der Waals surface area contributed by atoms with E-state index in [2.05, 4.69) is 15.4 Å². The highest BCUT2D eigenvalue weighted by molar-refractivity contribution is 6.31. The van der Waals surface area contributed by atoms with Gasteiger partial charge in [0.25, 0.3) is 11.4 Å². The molecule has 3 aromatic rings. The summed E-state index contributed by atoms with van der Waals surface area (Å²) in [6.07, 6.45) is -0.904. The maximum absolute atomic E-state index is 12.8. The molecular formula is C18H19ClN4O5. The highest BCUT2D eigenvalue weighted by atomic mass is 35.5. The number of aromatic nitrogens is 3. The van der Waals surface area contributed by atoms with E-state index in [4.69, 9.17) is 11.6 Å². The number of nitrogens with zero attached hydrogens (tertiary/aromatic N) is 2. The van der Waals surface area contributed by atoms with Gasteiger partial charge in [-0.15, -0.1) is 5.10 Å². The smallest absolute Gasteiger partial charge is 0.280 e. The van der Waals surface area contributed by atoms with Crippen LogP contribution in [0.25, 0.3) is 21.8 Å². The Kier molecular flexibility index (Phi) is 5.39. The van der Waals surface area contributed by atoms with Crippen molar-refractivity contribution in [2.45, 2.75) is 39.0 Å². The van der Waals surface area contributed by atoms with Gasteiger partial charge in [-0.05, 0) is 31.5 Å². The Morgan fingerprint density at radius 1 is 1.39 bits per heavy atom. The van der Waals surface area contributed by atoms with Crippen LogP contribution < -0.4 is 16.3 Å². The van der Waals surface area contributed by atoms with Gasteiger partial charge < -0.3 is 20.5 Å². The molecule has 1 amide bonds. The number of halogens is 1. The highest BCUT2D eigenvalue weighted by Crippen LogP contribution is 2.20. The van der Waals surface area contributed by atoms with Crippen molar-refractivity contribution in [3.63, 3.8) is 0 Å². The van der Waals surface area contributed by atoms with E-state index >= 15 is 0 Å². The first-order valence-corrected chi connectivity index (χ1v) is 9.04. The first-order valence-electron chi connectivity index (χ1n) is 8.66. The maximum atomic E-state index is 12.8. The molecule has 2 unspecified atom stereocenters. The van der Waals surface area contributed by atoms with E-state index in [1.807, 2.05) is 0 Å². The predicted molar refractivity (Wildman–Crippen MR) is 105 cm³/mol. The van der Waals surface area contributed by atoms with Gasteiger partial charge in [-0.3, -0.25) is 14.4 Å². The Labute approximate surface area is 163 Å². The van der Waals surface area contributed by atoms with E-state index in [-0.39, 0.29) is 29.3 Å². The summed E-state index contributed by atoms with van der Waals surface area (Å²) in [6.45, 7) is 3.18. The molecule has 2 heterocycles. The summed E-state index contributed by atoms with van der Waals surface area (Å²) in [5, 5.41) is 26.6. The van der Waals surface area contributed by atoms with Crippen molar-refractivity contribution in [1.29, 1.82) is 0 Å². The Morgan fingerprint density at radius 3 is 2.79 bits per heavy atom. The Hall–Kier alpha value is -2.91. The normalized spacial score (nSPS) is 13.6. The molecule has 0 aliphatic heterocycles. The molecule has 0 radical (unpaired) electrons. The van der Waals surface area contributed by atoms with Crippen LogP contribution in [0.5, 0.6) is 5.88 Å². The van der Waals surface area contributed by atoms with Crippen molar-refractivity contribution >= 4 is 39.3 Å². The number of rotatable bonds is 5. The number of H-pyrrole nitrogens is 1. The van der Waals surface area contributed by atoms with E-state index in [1.54, 1.807) is 13.8 Å². The van der Waals surface area contributed by atoms with Gasteiger partial charge in [-0.1, -0.05) is 18.5 Å². The predicted octanol–water partition coefficient (Wildman–Crippen LogP) is 0.873. The number of aromatic hydroxyl groups is 1. The number of hydrogen-bond acceptors (Lipinski definition) is 6. The molecule has 3 rings (SSSR count). The molecule has 148 valence electrons. The average molecular weight is 407 g/mol. The molecule has 1 aromatic carbocycles. The van der Waals surface area contributed by atoms with Gasteiger partial charge in [0.1, 0.15) is 17.0 Å². The molecular weight excluding hydrogens is 388 g/mol. The summed E-state index contributed by atoms with van der Waals surface area (Å²) in [4.78, 5) is 40.2. The third kappa shape index (κ3) is 3.58. The summed E-state index contributed by atoms with van der Waals surface area (Å²) < 4.78 is 0.915. The van der Waals surface area contributed by atoms with Crippen LogP contribution in [0.3, 0.4) is 0 Å². The van der Waals surface area contributed by atoms with Gasteiger partial charge in [0.15, 0.2) is 0 Å². The number of fused-ring (bicyclic) bond motifs is 2. The number of carbonyl (C=O) groups is 1. The number of benzene rings is 1. The van der Waals surface area contributed by atoms with Gasteiger partial charge in [0.2, 0.25) is 11.3 Å². The van der Waals surface area contributed by atoms with Gasteiger partial charge in [-0.2, -0.15) is 0 Å². The number of aliphatic hydroxyl groups excluding tert-OH is 1. The first kappa shape index (κ1) is 19.8. The topological polar surface area (TPSA) is 137 Å².